The van der Waals surface area contributed by atoms with Gasteiger partial charge in [0, 0.05) is 19.3 Å². The van der Waals surface area contributed by atoms with Crippen LogP contribution in [0.3, 0.4) is 0 Å². The number of carbonyl (C=O) groups is 3. The van der Waals surface area contributed by atoms with E-state index in [1.807, 2.05) is 6.08 Å². The van der Waals surface area contributed by atoms with Crippen molar-refractivity contribution >= 4 is 17.9 Å². The molecule has 0 saturated carbocycles. The van der Waals surface area contributed by atoms with Crippen LogP contribution in [-0.4, -0.2) is 37.2 Å². The van der Waals surface area contributed by atoms with Crippen LogP contribution >= 0.6 is 0 Å². The first kappa shape index (κ1) is 56.6. The van der Waals surface area contributed by atoms with E-state index in [0.717, 1.165) is 51.4 Å². The second kappa shape index (κ2) is 48.3. The number of unbranched alkanes of at least 4 members (excludes halogenated alkanes) is 29. The van der Waals surface area contributed by atoms with Crippen molar-refractivity contribution in [2.45, 2.75) is 271 Å². The molecule has 59 heavy (non-hydrogen) atoms. The van der Waals surface area contributed by atoms with E-state index in [0.29, 0.717) is 19.3 Å². The first-order valence-electron chi connectivity index (χ1n) is 25.5. The van der Waals surface area contributed by atoms with E-state index in [2.05, 4.69) is 51.2 Å². The molecule has 0 fully saturated rings. The number of allylic oxidation sites excluding steroid dienone is 6. The Morgan fingerprint density at radius 3 is 1.03 bits per heavy atom. The predicted octanol–water partition coefficient (Wildman–Crippen LogP) is 16.5. The Labute approximate surface area is 365 Å². The molecule has 0 amide bonds. The molecule has 1 unspecified atom stereocenters. The van der Waals surface area contributed by atoms with Gasteiger partial charge in [-0.15, -0.1) is 0 Å². The van der Waals surface area contributed by atoms with Crippen molar-refractivity contribution in [2.24, 2.45) is 0 Å². The zero-order valence-electron chi connectivity index (χ0n) is 39.3. The topological polar surface area (TPSA) is 78.9 Å². The van der Waals surface area contributed by atoms with Crippen LogP contribution in [0.1, 0.15) is 265 Å². The minimum absolute atomic E-state index is 0.0930. The average molecular weight is 829 g/mol. The van der Waals surface area contributed by atoms with E-state index in [1.165, 1.54) is 167 Å². The third kappa shape index (κ3) is 46.5. The van der Waals surface area contributed by atoms with Gasteiger partial charge < -0.3 is 14.2 Å². The van der Waals surface area contributed by atoms with E-state index in [9.17, 15) is 14.4 Å². The Morgan fingerprint density at radius 1 is 0.339 bits per heavy atom. The third-order valence-corrected chi connectivity index (χ3v) is 11.1. The smallest absolute Gasteiger partial charge is 0.306 e. The fourth-order valence-corrected chi connectivity index (χ4v) is 7.25. The molecule has 0 aromatic carbocycles. The Morgan fingerprint density at radius 2 is 0.644 bits per heavy atom. The van der Waals surface area contributed by atoms with Crippen LogP contribution in [0.4, 0.5) is 0 Å². The fraction of sp³-hybridized carbons (Fsp3) is 0.830. The first-order valence-corrected chi connectivity index (χ1v) is 25.5. The highest BCUT2D eigenvalue weighted by Crippen LogP contribution is 2.15. The molecule has 0 spiro atoms. The summed E-state index contributed by atoms with van der Waals surface area (Å²) in [4.78, 5) is 37.9. The highest BCUT2D eigenvalue weighted by Gasteiger charge is 2.19. The van der Waals surface area contributed by atoms with Gasteiger partial charge in [0.25, 0.3) is 0 Å². The van der Waals surface area contributed by atoms with Crippen molar-refractivity contribution in [3.63, 3.8) is 0 Å². The summed E-state index contributed by atoms with van der Waals surface area (Å²) < 4.78 is 16.7. The van der Waals surface area contributed by atoms with Crippen LogP contribution in [0.2, 0.25) is 0 Å². The summed E-state index contributed by atoms with van der Waals surface area (Å²) in [6.07, 6.45) is 55.6. The molecule has 0 aromatic rings. The highest BCUT2D eigenvalue weighted by atomic mass is 16.6. The number of rotatable bonds is 46. The van der Waals surface area contributed by atoms with Crippen molar-refractivity contribution in [1.29, 1.82) is 0 Å². The molecule has 0 rings (SSSR count). The fourth-order valence-electron chi connectivity index (χ4n) is 7.25. The normalized spacial score (nSPS) is 12.3. The quantitative estimate of drug-likeness (QED) is 0.0263. The van der Waals surface area contributed by atoms with Gasteiger partial charge in [0.2, 0.25) is 0 Å². The van der Waals surface area contributed by atoms with Crippen LogP contribution in [0, 0.1) is 0 Å². The monoisotopic (exact) mass is 829 g/mol. The minimum Gasteiger partial charge on any atom is -0.462 e. The summed E-state index contributed by atoms with van der Waals surface area (Å²) in [6, 6.07) is 0. The molecule has 6 nitrogen and oxygen atoms in total. The average Bonchev–Trinajstić information content (AvgIpc) is 3.23. The van der Waals surface area contributed by atoms with Crippen molar-refractivity contribution < 1.29 is 28.6 Å². The van der Waals surface area contributed by atoms with E-state index in [-0.39, 0.29) is 37.5 Å². The van der Waals surface area contributed by atoms with Gasteiger partial charge in [0.05, 0.1) is 0 Å². The lowest BCUT2D eigenvalue weighted by Crippen LogP contribution is -2.30. The molecule has 0 aliphatic rings. The molecule has 0 aliphatic heterocycles. The van der Waals surface area contributed by atoms with Gasteiger partial charge in [-0.1, -0.05) is 218 Å². The van der Waals surface area contributed by atoms with E-state index in [1.54, 1.807) is 0 Å². The van der Waals surface area contributed by atoms with Crippen LogP contribution in [0.25, 0.3) is 0 Å². The summed E-state index contributed by atoms with van der Waals surface area (Å²) in [6.45, 7) is 6.58. The molecule has 0 radical (unpaired) electrons. The lowest BCUT2D eigenvalue weighted by Gasteiger charge is -2.18. The van der Waals surface area contributed by atoms with Gasteiger partial charge in [0.15, 0.2) is 6.10 Å². The van der Waals surface area contributed by atoms with Gasteiger partial charge in [-0.3, -0.25) is 14.4 Å². The maximum atomic E-state index is 12.7. The summed E-state index contributed by atoms with van der Waals surface area (Å²) in [7, 11) is 0. The lowest BCUT2D eigenvalue weighted by molar-refractivity contribution is -0.166. The molecule has 344 valence electrons. The SMILES string of the molecule is CCCCCC/C=C/CCCCCCCCCC(=O)OCC(COC(=O)CCCCCCCCCCCCCCC)OC(=O)CC/C=C/C/C=C/CCCCCCCC. The molecule has 0 bridgehead atoms. The molecule has 0 aliphatic carbocycles. The number of carbonyl (C=O) groups excluding carboxylic acids is 3. The van der Waals surface area contributed by atoms with Crippen LogP contribution in [0.5, 0.6) is 0 Å². The Bertz CT molecular complexity index is 1000. The van der Waals surface area contributed by atoms with E-state index >= 15 is 0 Å². The highest BCUT2D eigenvalue weighted by molar-refractivity contribution is 5.71. The van der Waals surface area contributed by atoms with Crippen molar-refractivity contribution in [2.75, 3.05) is 13.2 Å². The Hall–Kier alpha value is -2.37. The zero-order chi connectivity index (χ0) is 43.0. The molecule has 0 heterocycles. The minimum atomic E-state index is -0.799. The molecule has 0 aromatic heterocycles. The maximum absolute atomic E-state index is 12.7. The third-order valence-electron chi connectivity index (χ3n) is 11.1. The van der Waals surface area contributed by atoms with Gasteiger partial charge in [-0.25, -0.2) is 0 Å². The number of hydrogen-bond donors (Lipinski definition) is 0. The summed E-state index contributed by atoms with van der Waals surface area (Å²) in [5.74, 6) is -0.958. The summed E-state index contributed by atoms with van der Waals surface area (Å²) >= 11 is 0. The second-order valence-electron chi connectivity index (χ2n) is 17.1. The second-order valence-corrected chi connectivity index (χ2v) is 17.1. The molecular formula is C53H96O6. The Kier molecular flexibility index (Phi) is 46.4. The summed E-state index contributed by atoms with van der Waals surface area (Å²) in [5.41, 5.74) is 0. The van der Waals surface area contributed by atoms with Crippen LogP contribution in [0.15, 0.2) is 36.5 Å². The van der Waals surface area contributed by atoms with Gasteiger partial charge >= 0.3 is 17.9 Å². The largest absolute Gasteiger partial charge is 0.462 e. The lowest BCUT2D eigenvalue weighted by atomic mass is 10.0. The molecule has 6 heteroatoms. The maximum Gasteiger partial charge on any atom is 0.306 e. The molecule has 0 saturated heterocycles. The van der Waals surface area contributed by atoms with Gasteiger partial charge in [0.1, 0.15) is 13.2 Å². The van der Waals surface area contributed by atoms with Crippen molar-refractivity contribution in [3.8, 4) is 0 Å². The van der Waals surface area contributed by atoms with Crippen LogP contribution < -0.4 is 0 Å². The number of hydrogen-bond acceptors (Lipinski definition) is 6. The summed E-state index contributed by atoms with van der Waals surface area (Å²) in [5, 5.41) is 0. The predicted molar refractivity (Wildman–Crippen MR) is 252 cm³/mol. The molecular weight excluding hydrogens is 733 g/mol. The Balaban J connectivity index is 4.41. The van der Waals surface area contributed by atoms with Crippen molar-refractivity contribution in [3.05, 3.63) is 36.5 Å². The zero-order valence-corrected chi connectivity index (χ0v) is 39.3. The molecule has 1 atom stereocenters. The van der Waals surface area contributed by atoms with Crippen molar-refractivity contribution in [1.82, 2.24) is 0 Å². The van der Waals surface area contributed by atoms with Crippen LogP contribution in [-0.2, 0) is 28.6 Å². The van der Waals surface area contributed by atoms with E-state index in [4.69, 9.17) is 14.2 Å². The van der Waals surface area contributed by atoms with E-state index < -0.39 is 6.10 Å². The standard InChI is InChI=1S/C53H96O6/c1-4-7-10-13-16-19-22-25-26-29-31-34-37-40-43-46-52(55)58-49-50(59-53(56)47-44-41-38-35-32-28-24-21-18-15-12-9-6-3)48-57-51(54)45-42-39-36-33-30-27-23-20-17-14-11-8-5-2/h19,22,28,32,38,41,50H,4-18,20-21,23-27,29-31,33-37,39-40,42-49H2,1-3H3/b22-19+,32-28+,41-38+. The van der Waals surface area contributed by atoms with Gasteiger partial charge in [-0.05, 0) is 64.2 Å². The first-order chi connectivity index (χ1) is 29.0. The number of esters is 3. The number of ether oxygens (including phenoxy) is 3. The molecule has 0 N–H and O–H groups in total. The van der Waals surface area contributed by atoms with Gasteiger partial charge in [-0.2, -0.15) is 0 Å².